The molecule has 0 aliphatic carbocycles. The molecule has 74 valence electrons. The van der Waals surface area contributed by atoms with Crippen LogP contribution >= 0.6 is 11.8 Å². The van der Waals surface area contributed by atoms with Crippen LogP contribution in [0.1, 0.15) is 5.76 Å². The monoisotopic (exact) mass is 200 g/mol. The van der Waals surface area contributed by atoms with Gasteiger partial charge in [-0.3, -0.25) is 0 Å². The van der Waals surface area contributed by atoms with Gasteiger partial charge in [-0.2, -0.15) is 11.8 Å². The molecular formula is C9H16N2OS. The fraction of sp³-hybridized carbons (Fsp3) is 0.556. The zero-order valence-corrected chi connectivity index (χ0v) is 8.91. The summed E-state index contributed by atoms with van der Waals surface area (Å²) in [5.41, 5.74) is 0. The Bertz CT molecular complexity index is 237. The molecule has 4 heteroatoms. The van der Waals surface area contributed by atoms with Gasteiger partial charge in [0.2, 0.25) is 0 Å². The van der Waals surface area contributed by atoms with Crippen LogP contribution in [0.4, 0.5) is 5.88 Å². The highest BCUT2D eigenvalue weighted by Crippen LogP contribution is 2.11. The fourth-order valence-corrected chi connectivity index (χ4v) is 1.34. The molecule has 0 saturated heterocycles. The molecule has 0 aromatic carbocycles. The van der Waals surface area contributed by atoms with Crippen molar-refractivity contribution in [2.45, 2.75) is 6.54 Å². The zero-order valence-electron chi connectivity index (χ0n) is 8.09. The van der Waals surface area contributed by atoms with Gasteiger partial charge in [-0.05, 0) is 12.3 Å². The first-order chi connectivity index (χ1) is 6.36. The van der Waals surface area contributed by atoms with Crippen LogP contribution in [0.5, 0.6) is 0 Å². The number of anilines is 1. The summed E-state index contributed by atoms with van der Waals surface area (Å²) in [4.78, 5) is 0. The normalized spacial score (nSPS) is 10.3. The summed E-state index contributed by atoms with van der Waals surface area (Å²) in [6.07, 6.45) is 2.10. The van der Waals surface area contributed by atoms with Crippen LogP contribution in [0.2, 0.25) is 0 Å². The Morgan fingerprint density at radius 3 is 2.92 bits per heavy atom. The van der Waals surface area contributed by atoms with Gasteiger partial charge in [-0.15, -0.1) is 0 Å². The first-order valence-electron chi connectivity index (χ1n) is 4.33. The minimum Gasteiger partial charge on any atom is -0.444 e. The van der Waals surface area contributed by atoms with Crippen molar-refractivity contribution in [3.05, 3.63) is 17.9 Å². The molecule has 0 bridgehead atoms. The van der Waals surface area contributed by atoms with Crippen LogP contribution in [0.15, 0.2) is 16.5 Å². The Labute approximate surface area is 83.3 Å². The fourth-order valence-electron chi connectivity index (χ4n) is 0.993. The maximum atomic E-state index is 5.43. The third-order valence-corrected chi connectivity index (χ3v) is 2.30. The largest absolute Gasteiger partial charge is 0.444 e. The third kappa shape index (κ3) is 3.74. The highest BCUT2D eigenvalue weighted by Gasteiger charge is 1.98. The summed E-state index contributed by atoms with van der Waals surface area (Å²) in [5.74, 6) is 2.94. The van der Waals surface area contributed by atoms with Gasteiger partial charge in [0.25, 0.3) is 0 Å². The van der Waals surface area contributed by atoms with Gasteiger partial charge < -0.3 is 15.1 Å². The SMILES string of the molecule is CNc1ccc(CNCCSC)o1. The molecule has 0 aliphatic rings. The van der Waals surface area contributed by atoms with E-state index in [1.165, 1.54) is 0 Å². The van der Waals surface area contributed by atoms with Crippen molar-refractivity contribution in [3.63, 3.8) is 0 Å². The smallest absolute Gasteiger partial charge is 0.192 e. The van der Waals surface area contributed by atoms with Gasteiger partial charge in [-0.25, -0.2) is 0 Å². The van der Waals surface area contributed by atoms with Crippen LogP contribution < -0.4 is 10.6 Å². The molecule has 0 fully saturated rings. The van der Waals surface area contributed by atoms with Crippen molar-refractivity contribution in [2.24, 2.45) is 0 Å². The van der Waals surface area contributed by atoms with Crippen molar-refractivity contribution in [1.82, 2.24) is 5.32 Å². The molecule has 1 heterocycles. The highest BCUT2D eigenvalue weighted by atomic mass is 32.2. The second kappa shape index (κ2) is 5.94. The lowest BCUT2D eigenvalue weighted by molar-refractivity contribution is 0.500. The number of rotatable bonds is 6. The molecule has 0 atom stereocenters. The van der Waals surface area contributed by atoms with E-state index in [2.05, 4.69) is 16.9 Å². The molecule has 0 aliphatic heterocycles. The number of hydrogen-bond acceptors (Lipinski definition) is 4. The summed E-state index contributed by atoms with van der Waals surface area (Å²) < 4.78 is 5.43. The molecular weight excluding hydrogens is 184 g/mol. The Kier molecular flexibility index (Phi) is 4.78. The molecule has 1 aromatic rings. The van der Waals surface area contributed by atoms with E-state index in [0.29, 0.717) is 0 Å². The molecule has 0 unspecified atom stereocenters. The van der Waals surface area contributed by atoms with Crippen LogP contribution in [0.3, 0.4) is 0 Å². The Hall–Kier alpha value is -0.610. The lowest BCUT2D eigenvalue weighted by Crippen LogP contribution is -2.15. The molecule has 0 saturated carbocycles. The van der Waals surface area contributed by atoms with Crippen molar-refractivity contribution >= 4 is 17.6 Å². The zero-order chi connectivity index (χ0) is 9.52. The Balaban J connectivity index is 2.20. The van der Waals surface area contributed by atoms with E-state index in [-0.39, 0.29) is 0 Å². The molecule has 13 heavy (non-hydrogen) atoms. The average molecular weight is 200 g/mol. The lowest BCUT2D eigenvalue weighted by Gasteiger charge is -2.00. The minimum absolute atomic E-state index is 0.808. The average Bonchev–Trinajstić information content (AvgIpc) is 2.60. The molecule has 1 rings (SSSR count). The van der Waals surface area contributed by atoms with Crippen LogP contribution in [-0.4, -0.2) is 25.6 Å². The van der Waals surface area contributed by atoms with Gasteiger partial charge in [0, 0.05) is 25.4 Å². The molecule has 2 N–H and O–H groups in total. The van der Waals surface area contributed by atoms with Crippen molar-refractivity contribution < 1.29 is 4.42 Å². The predicted octanol–water partition coefficient (Wildman–Crippen LogP) is 1.77. The maximum Gasteiger partial charge on any atom is 0.192 e. The van der Waals surface area contributed by atoms with Crippen LogP contribution in [0, 0.1) is 0 Å². The molecule has 0 amide bonds. The molecule has 0 spiro atoms. The second-order valence-corrected chi connectivity index (χ2v) is 3.67. The van der Waals surface area contributed by atoms with Crippen LogP contribution in [0.25, 0.3) is 0 Å². The van der Waals surface area contributed by atoms with Crippen molar-refractivity contribution in [1.29, 1.82) is 0 Å². The summed E-state index contributed by atoms with van der Waals surface area (Å²) in [7, 11) is 1.85. The van der Waals surface area contributed by atoms with E-state index in [9.17, 15) is 0 Å². The first kappa shape index (κ1) is 10.5. The Morgan fingerprint density at radius 1 is 1.46 bits per heavy atom. The third-order valence-electron chi connectivity index (χ3n) is 1.69. The molecule has 3 nitrogen and oxygen atoms in total. The molecule has 1 aromatic heterocycles. The Morgan fingerprint density at radius 2 is 2.31 bits per heavy atom. The van der Waals surface area contributed by atoms with Gasteiger partial charge >= 0.3 is 0 Å². The summed E-state index contributed by atoms with van der Waals surface area (Å²) >= 11 is 1.84. The van der Waals surface area contributed by atoms with Crippen molar-refractivity contribution in [3.8, 4) is 0 Å². The molecule has 0 radical (unpaired) electrons. The van der Waals surface area contributed by atoms with Crippen LogP contribution in [-0.2, 0) is 6.54 Å². The quantitative estimate of drug-likeness (QED) is 0.686. The van der Waals surface area contributed by atoms with E-state index in [4.69, 9.17) is 4.42 Å². The van der Waals surface area contributed by atoms with E-state index in [1.807, 2.05) is 30.9 Å². The number of hydrogen-bond donors (Lipinski definition) is 2. The van der Waals surface area contributed by atoms with E-state index >= 15 is 0 Å². The van der Waals surface area contributed by atoms with Gasteiger partial charge in [0.05, 0.1) is 6.54 Å². The van der Waals surface area contributed by atoms with E-state index in [1.54, 1.807) is 0 Å². The lowest BCUT2D eigenvalue weighted by atomic mass is 10.4. The highest BCUT2D eigenvalue weighted by molar-refractivity contribution is 7.98. The van der Waals surface area contributed by atoms with E-state index < -0.39 is 0 Å². The predicted molar refractivity (Wildman–Crippen MR) is 58.3 cm³/mol. The van der Waals surface area contributed by atoms with Gasteiger partial charge in [0.1, 0.15) is 5.76 Å². The van der Waals surface area contributed by atoms with E-state index in [0.717, 1.165) is 30.5 Å². The summed E-state index contributed by atoms with van der Waals surface area (Å²) in [6, 6.07) is 3.92. The number of nitrogens with one attached hydrogen (secondary N) is 2. The maximum absolute atomic E-state index is 5.43. The topological polar surface area (TPSA) is 37.2 Å². The van der Waals surface area contributed by atoms with Gasteiger partial charge in [0.15, 0.2) is 5.88 Å². The summed E-state index contributed by atoms with van der Waals surface area (Å²) in [5, 5.41) is 6.25. The number of furan rings is 1. The summed E-state index contributed by atoms with van der Waals surface area (Å²) in [6.45, 7) is 1.83. The standard InChI is InChI=1S/C9H16N2OS/c1-10-9-4-3-8(12-9)7-11-5-6-13-2/h3-4,10-11H,5-7H2,1-2H3. The van der Waals surface area contributed by atoms with Crippen molar-refractivity contribution in [2.75, 3.05) is 30.9 Å². The number of thioether (sulfide) groups is 1. The minimum atomic E-state index is 0.808. The van der Waals surface area contributed by atoms with Gasteiger partial charge in [-0.1, -0.05) is 0 Å². The second-order valence-electron chi connectivity index (χ2n) is 2.69. The first-order valence-corrected chi connectivity index (χ1v) is 5.72.